The van der Waals surface area contributed by atoms with E-state index >= 15 is 0 Å². The van der Waals surface area contributed by atoms with E-state index in [-0.39, 0.29) is 59.5 Å². The number of rotatable bonds is 25. The maximum Gasteiger partial charge on any atom is 0.294 e. The number of nitrogens with two attached hydrogens (primary N) is 1. The molecule has 5 heterocycles. The zero-order valence-corrected chi connectivity index (χ0v) is 55.9. The monoisotopic (exact) mass is 1350 g/mol. The number of aromatic nitrogens is 1. The van der Waals surface area contributed by atoms with E-state index in [0.29, 0.717) is 73.6 Å². The molecular formula is C68H82N12O14S2. The molecule has 510 valence electrons. The first-order chi connectivity index (χ1) is 45.5. The standard InChI is InChI=1S/C68H82N12O14S2/c1-65(2)46-31-42(95(88,89)90)18-21-49(46)78(5)52(65)11-9-12-53-66(3,4)47-32-43(96(91,92)93)19-22-50(47)80(53)27-8-6-7-13-55(82)72-35-57(84)74-37-59(86)75-36-58(85)73-34-56(83)70-25-10-26-71-64(69)76-41-17-20-48-44(30-41)45-33-68(87)54-29-40-16-23-51(81)62-60(40)67(68,63(94-62)61(45)77-48)24-28-79(54)38-39-14-15-39/h9,11-12,16-23,30-32,39,54,63,77,87H,6-8,10,13-15,24-29,33-38H2,1-5H3,(H10-,69,70,71,72,73,74,75,76,81,82,83,84,85,86,88,89,90,91,92,93)/t54-,63+,67+,68-/m1/s1. The molecule has 0 radical (unpaired) electrons. The van der Waals surface area contributed by atoms with Crippen molar-refractivity contribution in [3.05, 3.63) is 124 Å². The van der Waals surface area contributed by atoms with Gasteiger partial charge in [0.2, 0.25) is 35.2 Å². The minimum atomic E-state index is -4.76. The highest BCUT2D eigenvalue weighted by Gasteiger charge is 2.73. The summed E-state index contributed by atoms with van der Waals surface area (Å²) in [6, 6.07) is 18.3. The highest BCUT2D eigenvalue weighted by Crippen LogP contribution is 2.69. The van der Waals surface area contributed by atoms with Crippen LogP contribution in [0.15, 0.2) is 105 Å². The first-order valence-electron chi connectivity index (χ1n) is 32.5. The van der Waals surface area contributed by atoms with E-state index in [1.807, 2.05) is 81.8 Å². The quantitative estimate of drug-likeness (QED) is 0.0130. The lowest BCUT2D eigenvalue weighted by atomic mass is 9.49. The van der Waals surface area contributed by atoms with E-state index < -0.39 is 91.4 Å². The van der Waals surface area contributed by atoms with Crippen molar-refractivity contribution >= 4 is 89.4 Å². The number of benzene rings is 4. The molecule has 26 nitrogen and oxygen atoms in total. The fourth-order valence-corrected chi connectivity index (χ4v) is 16.4. The number of aliphatic imine (C=N–C) groups is 1. The van der Waals surface area contributed by atoms with Gasteiger partial charge in [-0.1, -0.05) is 32.4 Å². The van der Waals surface area contributed by atoms with Crippen molar-refractivity contribution in [3.63, 3.8) is 0 Å². The summed E-state index contributed by atoms with van der Waals surface area (Å²) in [5.41, 5.74) is 13.2. The molecule has 0 unspecified atom stereocenters. The molecule has 5 amide bonds. The van der Waals surface area contributed by atoms with Crippen molar-refractivity contribution in [3.8, 4) is 11.5 Å². The number of aromatic amines is 1. The van der Waals surface area contributed by atoms with Gasteiger partial charge >= 0.3 is 0 Å². The Morgan fingerprint density at radius 1 is 0.823 bits per heavy atom. The minimum absolute atomic E-state index is 0.0915. The van der Waals surface area contributed by atoms with Crippen LogP contribution >= 0.6 is 0 Å². The number of hydrogen-bond acceptors (Lipinski definition) is 16. The summed E-state index contributed by atoms with van der Waals surface area (Å²) in [4.78, 5) is 74.8. The third-order valence-electron chi connectivity index (χ3n) is 20.4. The lowest BCUT2D eigenvalue weighted by Crippen LogP contribution is -2.74. The van der Waals surface area contributed by atoms with Crippen molar-refractivity contribution in [2.24, 2.45) is 16.6 Å². The van der Waals surface area contributed by atoms with Gasteiger partial charge in [-0.15, -0.1) is 0 Å². The molecule has 4 atom stereocenters. The molecule has 2 fully saturated rings. The van der Waals surface area contributed by atoms with E-state index in [9.17, 15) is 60.1 Å². The van der Waals surface area contributed by atoms with Gasteiger partial charge in [-0.25, -0.2) is 8.42 Å². The normalized spacial score (nSPS) is 22.3. The number of piperidine rings is 1. The number of hydrogen-bond donors (Lipinski definition) is 11. The summed E-state index contributed by atoms with van der Waals surface area (Å²) >= 11 is 0. The lowest BCUT2D eigenvalue weighted by molar-refractivity contribution is -0.401. The smallest absolute Gasteiger partial charge is 0.294 e. The molecular weight excluding hydrogens is 1270 g/mol. The number of anilines is 2. The summed E-state index contributed by atoms with van der Waals surface area (Å²) < 4.78 is 78.7. The first kappa shape index (κ1) is 67.3. The number of ether oxygens (including phenoxy) is 1. The van der Waals surface area contributed by atoms with Crippen LogP contribution in [0.3, 0.4) is 0 Å². The lowest BCUT2D eigenvalue weighted by Gasteiger charge is -2.62. The van der Waals surface area contributed by atoms with Gasteiger partial charge in [0.25, 0.3) is 10.1 Å². The number of fused-ring (bicyclic) bond motifs is 6. The summed E-state index contributed by atoms with van der Waals surface area (Å²) in [5.74, 6) is -1.40. The number of H-pyrrole nitrogens is 1. The molecule has 96 heavy (non-hydrogen) atoms. The predicted molar refractivity (Wildman–Crippen MR) is 357 cm³/mol. The Labute approximate surface area is 556 Å². The number of nitrogens with zero attached hydrogens (tertiary/aromatic N) is 4. The van der Waals surface area contributed by atoms with Gasteiger partial charge in [-0.05, 0) is 149 Å². The topological polar surface area (TPSA) is 382 Å². The summed E-state index contributed by atoms with van der Waals surface area (Å²) in [5, 5.41) is 40.9. The van der Waals surface area contributed by atoms with Crippen molar-refractivity contribution in [1.29, 1.82) is 0 Å². The summed E-state index contributed by atoms with van der Waals surface area (Å²) in [7, 11) is -7.33. The number of guanidine groups is 1. The second-order valence-electron chi connectivity index (χ2n) is 27.3. The molecule has 1 aromatic heterocycles. The maximum absolute atomic E-state index is 13.2. The largest absolute Gasteiger partial charge is 0.744 e. The Bertz CT molecular complexity index is 4400. The van der Waals surface area contributed by atoms with Crippen LogP contribution in [0.5, 0.6) is 11.5 Å². The van der Waals surface area contributed by atoms with Crippen LogP contribution in [0.25, 0.3) is 10.9 Å². The molecule has 4 aromatic carbocycles. The van der Waals surface area contributed by atoms with Crippen molar-refractivity contribution in [1.82, 2.24) is 36.5 Å². The average molecular weight is 1360 g/mol. The highest BCUT2D eigenvalue weighted by atomic mass is 32.2. The Hall–Kier alpha value is -8.67. The van der Waals surface area contributed by atoms with Crippen LogP contribution in [-0.4, -0.2) is 169 Å². The number of unbranched alkanes of at least 4 members (excludes halogenated alkanes) is 2. The molecule has 28 heteroatoms. The zero-order chi connectivity index (χ0) is 68.4. The first-order valence-corrected chi connectivity index (χ1v) is 35.4. The highest BCUT2D eigenvalue weighted by molar-refractivity contribution is 7.86. The van der Waals surface area contributed by atoms with Crippen LogP contribution < -0.4 is 47.3 Å². The third-order valence-corrected chi connectivity index (χ3v) is 22.1. The fourth-order valence-electron chi connectivity index (χ4n) is 15.4. The number of aliphatic hydroxyl groups is 1. The SMILES string of the molecule is C[N+]1=C(/C=C/C=C2/N(CCCCCC(=O)NCC(=O)NCC(=O)NCC(=O)NCC(=O)NCCCN=C(N)Nc3ccc4[nH]c5c(c4c3)C[C@@]3(O)[C@H]4Cc6ccc(O)c7c6[C@@]3(CCN4CC3CC3)[C@H]5O7)c3ccc(S(=O)(=O)[O-])cc3C2(C)C)C(C)(C)c2cc(S(=O)(=O)O)ccc21. The Morgan fingerprint density at radius 2 is 1.50 bits per heavy atom. The Balaban J connectivity index is 0.536. The minimum Gasteiger partial charge on any atom is -0.744 e. The number of nitrogens with one attached hydrogen (secondary N) is 7. The second-order valence-corrected chi connectivity index (χ2v) is 30.1. The Kier molecular flexibility index (Phi) is 18.0. The number of carbonyl (C=O) groups is 5. The van der Waals surface area contributed by atoms with Crippen molar-refractivity contribution in [2.75, 3.05) is 76.2 Å². The van der Waals surface area contributed by atoms with Crippen LogP contribution in [0.1, 0.15) is 119 Å². The number of amides is 5. The van der Waals surface area contributed by atoms with E-state index in [4.69, 9.17) is 10.5 Å². The van der Waals surface area contributed by atoms with Crippen molar-refractivity contribution < 1.29 is 69.4 Å². The number of aromatic hydroxyl groups is 1. The van der Waals surface area contributed by atoms with E-state index in [2.05, 4.69) is 51.7 Å². The van der Waals surface area contributed by atoms with Crippen LogP contribution in [0.4, 0.5) is 17.1 Å². The second kappa shape index (κ2) is 25.7. The fraction of sp³-hybridized carbons (Fsp3) is 0.456. The van der Waals surface area contributed by atoms with Gasteiger partial charge < -0.3 is 67.0 Å². The van der Waals surface area contributed by atoms with E-state index in [0.717, 1.165) is 75.6 Å². The molecule has 4 aliphatic heterocycles. The Morgan fingerprint density at radius 3 is 2.19 bits per heavy atom. The average Bonchev–Trinajstić information content (AvgIpc) is 1.49. The van der Waals surface area contributed by atoms with Gasteiger partial charge in [0, 0.05) is 102 Å². The van der Waals surface area contributed by atoms with Gasteiger partial charge in [-0.3, -0.25) is 38.4 Å². The van der Waals surface area contributed by atoms with Crippen molar-refractivity contribution in [2.45, 2.75) is 136 Å². The predicted octanol–water partition coefficient (Wildman–Crippen LogP) is 3.93. The molecule has 1 saturated carbocycles. The molecule has 2 bridgehead atoms. The van der Waals surface area contributed by atoms with Crippen LogP contribution in [-0.2, 0) is 73.3 Å². The van der Waals surface area contributed by atoms with Crippen LogP contribution in [0.2, 0.25) is 0 Å². The zero-order valence-electron chi connectivity index (χ0n) is 54.3. The van der Waals surface area contributed by atoms with Gasteiger partial charge in [0.05, 0.1) is 58.1 Å². The summed E-state index contributed by atoms with van der Waals surface area (Å²) in [6.45, 7) is 8.90. The van der Waals surface area contributed by atoms with Gasteiger partial charge in [0.1, 0.15) is 17.2 Å². The van der Waals surface area contributed by atoms with Crippen LogP contribution in [0, 0.1) is 5.92 Å². The number of carbonyl (C=O) groups excluding carboxylic acids is 5. The summed E-state index contributed by atoms with van der Waals surface area (Å²) in [6.07, 6.45) is 11.7. The molecule has 3 aliphatic carbocycles. The molecule has 1 saturated heterocycles. The van der Waals surface area contributed by atoms with E-state index in [1.54, 1.807) is 18.2 Å². The van der Waals surface area contributed by atoms with E-state index in [1.165, 1.54) is 37.1 Å². The number of phenols is 1. The molecule has 5 aromatic rings. The van der Waals surface area contributed by atoms with Gasteiger partial charge in [0.15, 0.2) is 29.3 Å². The van der Waals surface area contributed by atoms with Gasteiger partial charge in [-0.2, -0.15) is 13.0 Å². The number of allylic oxidation sites excluding steroid dienone is 4. The molecule has 12 N–H and O–H groups in total. The molecule has 12 rings (SSSR count). The number of likely N-dealkylation sites (tertiary alicyclic amines) is 1. The maximum atomic E-state index is 13.2. The number of phenolic OH excluding ortho intramolecular Hbond substituents is 1. The molecule has 1 spiro atoms. The molecule has 7 aliphatic rings. The third kappa shape index (κ3) is 12.7.